The molecule has 10 heteroatoms. The summed E-state index contributed by atoms with van der Waals surface area (Å²) in [6.45, 7) is -0.409. The van der Waals surface area contributed by atoms with Crippen LogP contribution in [0.1, 0.15) is 20.0 Å². The van der Waals surface area contributed by atoms with Gasteiger partial charge in [-0.15, -0.1) is 11.3 Å². The highest BCUT2D eigenvalue weighted by Crippen LogP contribution is 2.22. The monoisotopic (exact) mass is 513 g/mol. The lowest BCUT2D eigenvalue weighted by Gasteiger charge is -2.09. The summed E-state index contributed by atoms with van der Waals surface area (Å²) >= 11 is 10.1. The Hall–Kier alpha value is -2.20. The number of anilines is 1. The molecule has 0 spiro atoms. The van der Waals surface area contributed by atoms with Crippen molar-refractivity contribution in [1.29, 1.82) is 0 Å². The number of Topliss-reactive ketones (excluding diaryl/α,β-unsaturated/α-hetero) is 1. The van der Waals surface area contributed by atoms with Crippen LogP contribution in [0.25, 0.3) is 0 Å². The van der Waals surface area contributed by atoms with Crippen LogP contribution in [0.4, 0.5) is 5.69 Å². The average molecular weight is 515 g/mol. The van der Waals surface area contributed by atoms with E-state index in [9.17, 15) is 18.0 Å². The Labute approximate surface area is 184 Å². The Morgan fingerprint density at radius 1 is 1.00 bits per heavy atom. The number of carbonyl (C=O) groups is 2. The molecule has 2 aromatic carbocycles. The van der Waals surface area contributed by atoms with E-state index in [2.05, 4.69) is 20.7 Å². The molecule has 0 atom stereocenters. The lowest BCUT2D eigenvalue weighted by Crippen LogP contribution is -2.14. The molecule has 3 aromatic rings. The minimum absolute atomic E-state index is 0.108. The Kier molecular flexibility index (Phi) is 6.74. The van der Waals surface area contributed by atoms with Crippen LogP contribution < -0.4 is 4.72 Å². The predicted molar refractivity (Wildman–Crippen MR) is 115 cm³/mol. The topological polar surface area (TPSA) is 89.5 Å². The number of halogens is 2. The summed E-state index contributed by atoms with van der Waals surface area (Å²) < 4.78 is 33.4. The minimum Gasteiger partial charge on any atom is -0.454 e. The van der Waals surface area contributed by atoms with Gasteiger partial charge in [0.15, 0.2) is 6.61 Å². The van der Waals surface area contributed by atoms with Gasteiger partial charge in [-0.25, -0.2) is 13.2 Å². The molecular formula is C19H13BrClNO5S2. The van der Waals surface area contributed by atoms with Gasteiger partial charge < -0.3 is 4.74 Å². The van der Waals surface area contributed by atoms with E-state index in [0.717, 1.165) is 15.8 Å². The molecule has 6 nitrogen and oxygen atoms in total. The van der Waals surface area contributed by atoms with Gasteiger partial charge in [0.1, 0.15) is 0 Å². The van der Waals surface area contributed by atoms with Crippen LogP contribution in [0, 0.1) is 0 Å². The number of sulfonamides is 1. The van der Waals surface area contributed by atoms with E-state index in [1.807, 2.05) is 0 Å². The molecule has 1 aromatic heterocycles. The summed E-state index contributed by atoms with van der Waals surface area (Å²) in [6, 6.07) is 15.0. The molecule has 0 saturated heterocycles. The zero-order valence-corrected chi connectivity index (χ0v) is 18.6. The van der Waals surface area contributed by atoms with Crippen molar-refractivity contribution in [1.82, 2.24) is 0 Å². The van der Waals surface area contributed by atoms with Crippen LogP contribution in [0.3, 0.4) is 0 Å². The first-order valence-corrected chi connectivity index (χ1v) is 11.6. The maximum absolute atomic E-state index is 12.4. The highest BCUT2D eigenvalue weighted by molar-refractivity contribution is 9.10. The molecule has 0 amide bonds. The molecule has 0 aliphatic carbocycles. The van der Waals surface area contributed by atoms with E-state index in [1.165, 1.54) is 36.4 Å². The molecular weight excluding hydrogens is 502 g/mol. The molecule has 0 aliphatic rings. The standard InChI is InChI=1S/C19H13BrClNO5S2/c20-13-3-7-15(8-4-13)29(25,26)22-14-5-1-12(2-6-14)19(24)27-11-16(23)17-9-10-18(21)28-17/h1-10,22H,11H2. The number of ether oxygens (including phenoxy) is 1. The van der Waals surface area contributed by atoms with Crippen LogP contribution >= 0.6 is 38.9 Å². The third-order valence-corrected chi connectivity index (χ3v) is 6.88. The van der Waals surface area contributed by atoms with E-state index in [-0.39, 0.29) is 21.9 Å². The zero-order valence-electron chi connectivity index (χ0n) is 14.6. The predicted octanol–water partition coefficient (Wildman–Crippen LogP) is 5.00. The smallest absolute Gasteiger partial charge is 0.338 e. The first-order chi connectivity index (χ1) is 13.7. The fourth-order valence-corrected chi connectivity index (χ4v) is 4.54. The SMILES string of the molecule is O=C(OCC(=O)c1ccc(Cl)s1)c1ccc(NS(=O)(=O)c2ccc(Br)cc2)cc1. The maximum Gasteiger partial charge on any atom is 0.338 e. The van der Waals surface area contributed by atoms with E-state index in [0.29, 0.717) is 9.21 Å². The summed E-state index contributed by atoms with van der Waals surface area (Å²) in [5.74, 6) is -1.04. The fourth-order valence-electron chi connectivity index (χ4n) is 2.25. The number of esters is 1. The van der Waals surface area contributed by atoms with E-state index >= 15 is 0 Å². The molecule has 0 saturated carbocycles. The van der Waals surface area contributed by atoms with Gasteiger partial charge in [0, 0.05) is 10.2 Å². The third kappa shape index (κ3) is 5.66. The van der Waals surface area contributed by atoms with Crippen LogP contribution in [0.2, 0.25) is 4.34 Å². The van der Waals surface area contributed by atoms with Gasteiger partial charge in [-0.2, -0.15) is 0 Å². The first kappa shape index (κ1) is 21.5. The largest absolute Gasteiger partial charge is 0.454 e. The zero-order chi connectivity index (χ0) is 21.0. The van der Waals surface area contributed by atoms with Crippen LogP contribution in [-0.4, -0.2) is 26.8 Å². The van der Waals surface area contributed by atoms with Gasteiger partial charge in [-0.3, -0.25) is 9.52 Å². The van der Waals surface area contributed by atoms with E-state index in [1.54, 1.807) is 24.3 Å². The number of thiophene rings is 1. The van der Waals surface area contributed by atoms with Crippen molar-refractivity contribution >= 4 is 66.3 Å². The minimum atomic E-state index is -3.75. The van der Waals surface area contributed by atoms with Crippen molar-refractivity contribution in [3.63, 3.8) is 0 Å². The molecule has 3 rings (SSSR count). The Morgan fingerprint density at radius 3 is 2.24 bits per heavy atom. The van der Waals surface area contributed by atoms with Gasteiger partial charge in [0.05, 0.1) is 19.7 Å². The van der Waals surface area contributed by atoms with Crippen molar-refractivity contribution in [2.24, 2.45) is 0 Å². The molecule has 0 unspecified atom stereocenters. The van der Waals surface area contributed by atoms with Crippen molar-refractivity contribution in [2.45, 2.75) is 4.90 Å². The van der Waals surface area contributed by atoms with Gasteiger partial charge in [-0.1, -0.05) is 27.5 Å². The van der Waals surface area contributed by atoms with Crippen LogP contribution in [0.15, 0.2) is 70.0 Å². The molecule has 1 N–H and O–H groups in total. The number of benzene rings is 2. The number of hydrogen-bond acceptors (Lipinski definition) is 6. The number of hydrogen-bond donors (Lipinski definition) is 1. The summed E-state index contributed by atoms with van der Waals surface area (Å²) in [4.78, 5) is 24.6. The average Bonchev–Trinajstić information content (AvgIpc) is 3.13. The summed E-state index contributed by atoms with van der Waals surface area (Å²) in [5, 5.41) is 0. The van der Waals surface area contributed by atoms with Crippen LogP contribution in [0.5, 0.6) is 0 Å². The lowest BCUT2D eigenvalue weighted by atomic mass is 10.2. The number of rotatable bonds is 7. The van der Waals surface area contributed by atoms with Gasteiger partial charge >= 0.3 is 5.97 Å². The highest BCUT2D eigenvalue weighted by atomic mass is 79.9. The van der Waals surface area contributed by atoms with Gasteiger partial charge in [-0.05, 0) is 60.7 Å². The Morgan fingerprint density at radius 2 is 1.66 bits per heavy atom. The fraction of sp³-hybridized carbons (Fsp3) is 0.0526. The van der Waals surface area contributed by atoms with Crippen LogP contribution in [-0.2, 0) is 14.8 Å². The van der Waals surface area contributed by atoms with Crippen molar-refractivity contribution in [2.75, 3.05) is 11.3 Å². The van der Waals surface area contributed by atoms with Gasteiger partial charge in [0.2, 0.25) is 5.78 Å². The number of nitrogens with one attached hydrogen (secondary N) is 1. The molecule has 150 valence electrons. The Bertz CT molecular complexity index is 1140. The molecule has 29 heavy (non-hydrogen) atoms. The molecule has 1 heterocycles. The molecule has 0 fully saturated rings. The molecule has 0 aliphatic heterocycles. The second-order valence-corrected chi connectivity index (χ2v) is 10.1. The summed E-state index contributed by atoms with van der Waals surface area (Å²) in [5.41, 5.74) is 0.474. The molecule has 0 bridgehead atoms. The van der Waals surface area contributed by atoms with Crippen molar-refractivity contribution in [3.8, 4) is 0 Å². The van der Waals surface area contributed by atoms with E-state index < -0.39 is 22.6 Å². The number of ketones is 1. The maximum atomic E-state index is 12.4. The normalized spacial score (nSPS) is 11.1. The third-order valence-electron chi connectivity index (χ3n) is 3.68. The van der Waals surface area contributed by atoms with Crippen molar-refractivity contribution in [3.05, 3.63) is 79.9 Å². The Balaban J connectivity index is 1.61. The van der Waals surface area contributed by atoms with Gasteiger partial charge in [0.25, 0.3) is 10.0 Å². The summed E-state index contributed by atoms with van der Waals surface area (Å²) in [6.07, 6.45) is 0. The summed E-state index contributed by atoms with van der Waals surface area (Å²) in [7, 11) is -3.75. The lowest BCUT2D eigenvalue weighted by molar-refractivity contribution is 0.0476. The van der Waals surface area contributed by atoms with E-state index in [4.69, 9.17) is 16.3 Å². The second-order valence-electron chi connectivity index (χ2n) is 5.74. The first-order valence-electron chi connectivity index (χ1n) is 8.09. The second kappa shape index (κ2) is 9.08. The quantitative estimate of drug-likeness (QED) is 0.354. The highest BCUT2D eigenvalue weighted by Gasteiger charge is 2.16. The van der Waals surface area contributed by atoms with Crippen molar-refractivity contribution < 1.29 is 22.7 Å². The number of carbonyl (C=O) groups excluding carboxylic acids is 2. The molecule has 0 radical (unpaired) electrons.